The van der Waals surface area contributed by atoms with Gasteiger partial charge in [-0.1, -0.05) is 48.5 Å². The van der Waals surface area contributed by atoms with Crippen molar-refractivity contribution in [2.75, 3.05) is 11.9 Å². The summed E-state index contributed by atoms with van der Waals surface area (Å²) in [6.45, 7) is 3.66. The molecule has 0 saturated carbocycles. The Morgan fingerprint density at radius 1 is 1.06 bits per heavy atom. The Hall–Kier alpha value is -4.14. The number of amides is 2. The van der Waals surface area contributed by atoms with Crippen LogP contribution < -0.4 is 10.6 Å². The third kappa shape index (κ3) is 5.03. The molecule has 0 saturated heterocycles. The number of benzene rings is 2. The molecule has 0 bridgehead atoms. The van der Waals surface area contributed by atoms with Crippen LogP contribution in [0.2, 0.25) is 0 Å². The maximum absolute atomic E-state index is 13.0. The first kappa shape index (κ1) is 24.0. The first-order valence-corrected chi connectivity index (χ1v) is 11.4. The highest BCUT2D eigenvalue weighted by Crippen LogP contribution is 2.44. The number of carbonyl (C=O) groups excluding carboxylic acids is 2. The highest BCUT2D eigenvalue weighted by Gasteiger charge is 2.30. The molecule has 35 heavy (non-hydrogen) atoms. The van der Waals surface area contributed by atoms with E-state index in [2.05, 4.69) is 15.7 Å². The molecule has 0 spiro atoms. The van der Waals surface area contributed by atoms with Gasteiger partial charge in [0.05, 0.1) is 17.1 Å². The fourth-order valence-corrected chi connectivity index (χ4v) is 4.48. The van der Waals surface area contributed by atoms with Gasteiger partial charge in [0.25, 0.3) is 0 Å². The monoisotopic (exact) mass is 476 g/mol. The van der Waals surface area contributed by atoms with Crippen molar-refractivity contribution in [2.45, 2.75) is 38.6 Å². The van der Waals surface area contributed by atoms with Crippen LogP contribution >= 0.6 is 0 Å². The molecule has 0 fully saturated rings. The van der Waals surface area contributed by atoms with E-state index in [9.17, 15) is 14.4 Å². The van der Waals surface area contributed by atoms with Crippen LogP contribution in [0.25, 0.3) is 11.1 Å². The third-order valence-electron chi connectivity index (χ3n) is 6.36. The number of nitrogens with zero attached hydrogens (tertiary/aromatic N) is 2. The van der Waals surface area contributed by atoms with E-state index in [0.29, 0.717) is 11.4 Å². The molecule has 2 aromatic carbocycles. The second-order valence-corrected chi connectivity index (χ2v) is 8.61. The SMILES string of the molecule is Cc1nn(C)c(C)c1NC(=O)C(CCC(=O)O)NC(=O)OCC1c2ccccc2-c2ccccc21. The lowest BCUT2D eigenvalue weighted by molar-refractivity contribution is -0.137. The van der Waals surface area contributed by atoms with E-state index in [1.54, 1.807) is 25.6 Å². The van der Waals surface area contributed by atoms with Crippen LogP contribution in [0.5, 0.6) is 0 Å². The second kappa shape index (κ2) is 10.0. The highest BCUT2D eigenvalue weighted by atomic mass is 16.5. The first-order valence-electron chi connectivity index (χ1n) is 11.4. The van der Waals surface area contributed by atoms with Gasteiger partial charge >= 0.3 is 12.1 Å². The van der Waals surface area contributed by atoms with Crippen molar-refractivity contribution in [3.05, 3.63) is 71.0 Å². The van der Waals surface area contributed by atoms with Crippen LogP contribution in [0.3, 0.4) is 0 Å². The predicted octanol–water partition coefficient (Wildman–Crippen LogP) is 3.75. The Kier molecular flexibility index (Phi) is 6.86. The van der Waals surface area contributed by atoms with E-state index in [1.807, 2.05) is 48.5 Å². The van der Waals surface area contributed by atoms with Gasteiger partial charge < -0.3 is 20.5 Å². The average molecular weight is 477 g/mol. The minimum atomic E-state index is -1.08. The number of carboxylic acid groups (broad SMARTS) is 1. The van der Waals surface area contributed by atoms with Crippen LogP contribution in [-0.4, -0.2) is 45.5 Å². The van der Waals surface area contributed by atoms with Crippen LogP contribution in [-0.2, 0) is 21.4 Å². The van der Waals surface area contributed by atoms with Crippen LogP contribution in [0, 0.1) is 13.8 Å². The molecule has 4 rings (SSSR count). The van der Waals surface area contributed by atoms with Crippen molar-refractivity contribution in [1.29, 1.82) is 0 Å². The summed E-state index contributed by atoms with van der Waals surface area (Å²) in [5.74, 6) is -1.72. The van der Waals surface area contributed by atoms with Gasteiger partial charge in [0, 0.05) is 19.4 Å². The number of fused-ring (bicyclic) bond motifs is 3. The van der Waals surface area contributed by atoms with Gasteiger partial charge in [-0.25, -0.2) is 4.79 Å². The molecule has 0 aliphatic heterocycles. The van der Waals surface area contributed by atoms with Crippen LogP contribution in [0.4, 0.5) is 10.5 Å². The summed E-state index contributed by atoms with van der Waals surface area (Å²) in [5.41, 5.74) is 6.27. The average Bonchev–Trinajstić information content (AvgIpc) is 3.28. The molecule has 1 aliphatic rings. The minimum Gasteiger partial charge on any atom is -0.481 e. The Balaban J connectivity index is 1.45. The number of aromatic nitrogens is 2. The number of aryl methyl sites for hydroxylation is 2. The second-order valence-electron chi connectivity index (χ2n) is 8.61. The van der Waals surface area contributed by atoms with Gasteiger partial charge in [-0.15, -0.1) is 0 Å². The zero-order valence-electron chi connectivity index (χ0n) is 19.9. The number of nitrogens with one attached hydrogen (secondary N) is 2. The number of alkyl carbamates (subject to hydrolysis) is 1. The van der Waals surface area contributed by atoms with Crippen molar-refractivity contribution in [3.63, 3.8) is 0 Å². The largest absolute Gasteiger partial charge is 0.481 e. The van der Waals surface area contributed by atoms with Crippen molar-refractivity contribution < 1.29 is 24.2 Å². The Bertz CT molecular complexity index is 1240. The van der Waals surface area contributed by atoms with E-state index in [0.717, 1.165) is 27.9 Å². The van der Waals surface area contributed by atoms with E-state index in [1.165, 1.54) is 0 Å². The number of ether oxygens (including phenoxy) is 1. The summed E-state index contributed by atoms with van der Waals surface area (Å²) in [4.78, 5) is 36.8. The molecule has 9 heteroatoms. The fourth-order valence-electron chi connectivity index (χ4n) is 4.48. The summed E-state index contributed by atoms with van der Waals surface area (Å²) >= 11 is 0. The predicted molar refractivity (Wildman–Crippen MR) is 130 cm³/mol. The summed E-state index contributed by atoms with van der Waals surface area (Å²) < 4.78 is 7.17. The standard InChI is InChI=1S/C26H28N4O5/c1-15-24(16(2)30(3)29-15)28-25(33)22(12-13-23(31)32)27-26(34)35-14-21-19-10-6-4-8-17(19)18-9-5-7-11-20(18)21/h4-11,21-22H,12-14H2,1-3H3,(H,27,34)(H,28,33)(H,31,32). The van der Waals surface area contributed by atoms with E-state index in [-0.39, 0.29) is 25.4 Å². The molecule has 1 atom stereocenters. The number of rotatable bonds is 8. The number of hydrogen-bond acceptors (Lipinski definition) is 5. The third-order valence-corrected chi connectivity index (χ3v) is 6.36. The molecule has 2 amide bonds. The van der Waals surface area contributed by atoms with Crippen molar-refractivity contribution in [3.8, 4) is 11.1 Å². The molecule has 1 heterocycles. The molecule has 3 aromatic rings. The molecular formula is C26H28N4O5. The Labute approximate surface area is 203 Å². The van der Waals surface area contributed by atoms with Gasteiger partial charge in [-0.05, 0) is 42.5 Å². The number of aliphatic carboxylic acids is 1. The van der Waals surface area contributed by atoms with E-state index >= 15 is 0 Å². The van der Waals surface area contributed by atoms with E-state index in [4.69, 9.17) is 9.84 Å². The first-order chi connectivity index (χ1) is 16.8. The molecule has 1 aliphatic carbocycles. The molecule has 0 radical (unpaired) electrons. The summed E-state index contributed by atoms with van der Waals surface area (Å²) in [6.07, 6.45) is -1.15. The quantitative estimate of drug-likeness (QED) is 0.455. The fraction of sp³-hybridized carbons (Fsp3) is 0.308. The lowest BCUT2D eigenvalue weighted by Gasteiger charge is -2.19. The molecule has 9 nitrogen and oxygen atoms in total. The number of anilines is 1. The summed E-state index contributed by atoms with van der Waals surface area (Å²) in [5, 5.41) is 18.7. The zero-order chi connectivity index (χ0) is 25.1. The number of carboxylic acids is 1. The zero-order valence-corrected chi connectivity index (χ0v) is 19.9. The van der Waals surface area contributed by atoms with Gasteiger partial charge in [0.2, 0.25) is 5.91 Å². The topological polar surface area (TPSA) is 123 Å². The van der Waals surface area contributed by atoms with Gasteiger partial charge in [-0.3, -0.25) is 14.3 Å². The minimum absolute atomic E-state index is 0.0796. The molecule has 3 N–H and O–H groups in total. The highest BCUT2D eigenvalue weighted by molar-refractivity contribution is 5.97. The van der Waals surface area contributed by atoms with Crippen molar-refractivity contribution in [2.24, 2.45) is 7.05 Å². The Morgan fingerprint density at radius 2 is 1.66 bits per heavy atom. The lowest BCUT2D eigenvalue weighted by atomic mass is 9.98. The lowest BCUT2D eigenvalue weighted by Crippen LogP contribution is -2.44. The molecule has 1 unspecified atom stereocenters. The number of carbonyl (C=O) groups is 3. The molecule has 182 valence electrons. The van der Waals surface area contributed by atoms with Gasteiger partial charge in [0.15, 0.2) is 0 Å². The normalized spacial score (nSPS) is 13.0. The van der Waals surface area contributed by atoms with Crippen LogP contribution in [0.1, 0.15) is 41.3 Å². The van der Waals surface area contributed by atoms with Gasteiger partial charge in [0.1, 0.15) is 12.6 Å². The smallest absolute Gasteiger partial charge is 0.407 e. The Morgan fingerprint density at radius 3 is 2.20 bits per heavy atom. The van der Waals surface area contributed by atoms with Gasteiger partial charge in [-0.2, -0.15) is 5.10 Å². The maximum Gasteiger partial charge on any atom is 0.407 e. The van der Waals surface area contributed by atoms with Crippen LogP contribution in [0.15, 0.2) is 48.5 Å². The molecule has 1 aromatic heterocycles. The molecular weight excluding hydrogens is 448 g/mol. The van der Waals surface area contributed by atoms with Crippen molar-refractivity contribution in [1.82, 2.24) is 15.1 Å². The number of hydrogen-bond donors (Lipinski definition) is 3. The summed E-state index contributed by atoms with van der Waals surface area (Å²) in [7, 11) is 1.76. The summed E-state index contributed by atoms with van der Waals surface area (Å²) in [6, 6.07) is 14.9. The van der Waals surface area contributed by atoms with Crippen molar-refractivity contribution >= 4 is 23.7 Å². The van der Waals surface area contributed by atoms with E-state index < -0.39 is 24.0 Å². The maximum atomic E-state index is 13.0.